The Morgan fingerprint density at radius 1 is 1.18 bits per heavy atom. The zero-order chi connectivity index (χ0) is 18.8. The molecule has 0 spiro atoms. The summed E-state index contributed by atoms with van der Waals surface area (Å²) in [6.07, 6.45) is 4.81. The second-order valence-corrected chi connectivity index (χ2v) is 8.38. The molecule has 3 unspecified atom stereocenters. The van der Waals surface area contributed by atoms with Crippen LogP contribution in [0.2, 0.25) is 0 Å². The van der Waals surface area contributed by atoms with Crippen molar-refractivity contribution in [3.8, 4) is 11.3 Å². The summed E-state index contributed by atoms with van der Waals surface area (Å²) in [5.74, 6) is -1.21. The minimum Gasteiger partial charge on any atom is -0.360 e. The predicted octanol–water partition coefficient (Wildman–Crippen LogP) is 3.54. The molecule has 2 aromatic carbocycles. The fourth-order valence-electron chi connectivity index (χ4n) is 5.81. The van der Waals surface area contributed by atoms with Gasteiger partial charge >= 0.3 is 0 Å². The van der Waals surface area contributed by atoms with Crippen molar-refractivity contribution < 1.29 is 14.4 Å². The molecule has 1 aliphatic heterocycles. The van der Waals surface area contributed by atoms with E-state index >= 15 is 0 Å². The van der Waals surface area contributed by atoms with Crippen molar-refractivity contribution in [3.05, 3.63) is 71.0 Å². The van der Waals surface area contributed by atoms with E-state index in [1.54, 1.807) is 7.11 Å². The summed E-state index contributed by atoms with van der Waals surface area (Å²) in [5, 5.41) is 15.0. The highest BCUT2D eigenvalue weighted by atomic mass is 16.6. The lowest BCUT2D eigenvalue weighted by Gasteiger charge is -2.24. The molecule has 1 saturated carbocycles. The lowest BCUT2D eigenvalue weighted by molar-refractivity contribution is -0.678. The number of fused-ring (bicyclic) bond motifs is 5. The minimum absolute atomic E-state index is 0.0486. The van der Waals surface area contributed by atoms with E-state index < -0.39 is 5.79 Å². The van der Waals surface area contributed by atoms with Crippen molar-refractivity contribution in [2.45, 2.75) is 31.1 Å². The number of methoxy groups -OCH3 is 1. The third-order valence-electron chi connectivity index (χ3n) is 7.09. The van der Waals surface area contributed by atoms with Gasteiger partial charge in [0.15, 0.2) is 0 Å². The first kappa shape index (κ1) is 15.1. The fourth-order valence-corrected chi connectivity index (χ4v) is 5.81. The van der Waals surface area contributed by atoms with E-state index in [4.69, 9.17) is 4.74 Å². The maximum atomic E-state index is 11.3. The summed E-state index contributed by atoms with van der Waals surface area (Å²) in [7, 11) is 1.62. The van der Waals surface area contributed by atoms with Gasteiger partial charge in [-0.3, -0.25) is 4.98 Å². The second kappa shape index (κ2) is 4.59. The molecule has 0 amide bonds. The number of pyridine rings is 2. The predicted molar refractivity (Wildman–Crippen MR) is 106 cm³/mol. The lowest BCUT2D eigenvalue weighted by atomic mass is 9.81. The van der Waals surface area contributed by atoms with Crippen LogP contribution in [0.5, 0.6) is 0 Å². The highest BCUT2D eigenvalue weighted by Gasteiger charge is 2.77. The van der Waals surface area contributed by atoms with Crippen LogP contribution >= 0.6 is 0 Å². The van der Waals surface area contributed by atoms with Gasteiger partial charge in [-0.25, -0.2) is 0 Å². The summed E-state index contributed by atoms with van der Waals surface area (Å²) >= 11 is 0. The summed E-state index contributed by atoms with van der Waals surface area (Å²) < 4.78 is 8.04. The van der Waals surface area contributed by atoms with Gasteiger partial charge in [0.1, 0.15) is 5.92 Å². The van der Waals surface area contributed by atoms with Gasteiger partial charge in [0.2, 0.25) is 23.0 Å². The van der Waals surface area contributed by atoms with Crippen molar-refractivity contribution >= 4 is 21.7 Å². The topological polar surface area (TPSA) is 46.2 Å². The molecule has 0 bridgehead atoms. The Morgan fingerprint density at radius 3 is 2.93 bits per heavy atom. The first-order valence-corrected chi connectivity index (χ1v) is 9.77. The van der Waals surface area contributed by atoms with E-state index in [2.05, 4.69) is 52.9 Å². The van der Waals surface area contributed by atoms with E-state index in [-0.39, 0.29) is 12.0 Å². The number of benzene rings is 2. The SMILES string of the molecule is COC1(O)C2c3ccc4cncc5c4c3-c3c(cc4c(C)cccc4[n+]3C21)C5. The van der Waals surface area contributed by atoms with Gasteiger partial charge in [-0.2, -0.15) is 4.57 Å². The van der Waals surface area contributed by atoms with Gasteiger partial charge in [0, 0.05) is 53.7 Å². The smallest absolute Gasteiger partial charge is 0.244 e. The molecule has 28 heavy (non-hydrogen) atoms. The van der Waals surface area contributed by atoms with E-state index in [1.807, 2.05) is 12.4 Å². The Kier molecular flexibility index (Phi) is 2.48. The summed E-state index contributed by atoms with van der Waals surface area (Å²) in [6, 6.07) is 13.0. The van der Waals surface area contributed by atoms with Gasteiger partial charge in [-0.15, -0.1) is 0 Å². The molecular formula is C24H19N2O2+. The van der Waals surface area contributed by atoms with Crippen LogP contribution < -0.4 is 4.57 Å². The van der Waals surface area contributed by atoms with Crippen molar-refractivity contribution in [2.75, 3.05) is 7.11 Å². The molecule has 3 aliphatic rings. The van der Waals surface area contributed by atoms with Crippen LogP contribution in [0.3, 0.4) is 0 Å². The monoisotopic (exact) mass is 367 g/mol. The van der Waals surface area contributed by atoms with E-state index in [0.717, 1.165) is 11.8 Å². The Balaban J connectivity index is 1.75. The van der Waals surface area contributed by atoms with Crippen molar-refractivity contribution in [2.24, 2.45) is 0 Å². The van der Waals surface area contributed by atoms with E-state index in [0.29, 0.717) is 0 Å². The van der Waals surface area contributed by atoms with Crippen molar-refractivity contribution in [1.29, 1.82) is 0 Å². The average Bonchev–Trinajstić information content (AvgIpc) is 3.34. The number of aromatic nitrogens is 2. The molecule has 136 valence electrons. The molecule has 2 aliphatic carbocycles. The number of hydrogen-bond acceptors (Lipinski definition) is 3. The third-order valence-corrected chi connectivity index (χ3v) is 7.09. The highest BCUT2D eigenvalue weighted by molar-refractivity contribution is 6.03. The molecule has 3 atom stereocenters. The van der Waals surface area contributed by atoms with E-state index in [9.17, 15) is 5.11 Å². The highest BCUT2D eigenvalue weighted by Crippen LogP contribution is 2.64. The molecule has 1 fully saturated rings. The Labute approximate surface area is 162 Å². The zero-order valence-corrected chi connectivity index (χ0v) is 15.7. The number of hydrogen-bond donors (Lipinski definition) is 1. The van der Waals surface area contributed by atoms with Gasteiger partial charge < -0.3 is 9.84 Å². The fraction of sp³-hybridized carbons (Fsp3) is 0.250. The molecule has 0 radical (unpaired) electrons. The van der Waals surface area contributed by atoms with Crippen LogP contribution in [-0.2, 0) is 11.2 Å². The van der Waals surface area contributed by atoms with E-state index in [1.165, 1.54) is 49.8 Å². The Hall–Kier alpha value is -2.82. The normalized spacial score (nSPS) is 25.8. The minimum atomic E-state index is -1.16. The molecule has 0 saturated heterocycles. The van der Waals surface area contributed by atoms with Gasteiger partial charge in [-0.1, -0.05) is 24.3 Å². The van der Waals surface area contributed by atoms with Crippen LogP contribution in [0.4, 0.5) is 0 Å². The van der Waals surface area contributed by atoms with Crippen molar-refractivity contribution in [1.82, 2.24) is 4.98 Å². The summed E-state index contributed by atoms with van der Waals surface area (Å²) in [4.78, 5) is 4.47. The molecular weight excluding hydrogens is 348 g/mol. The van der Waals surface area contributed by atoms with Crippen LogP contribution in [0.25, 0.3) is 32.9 Å². The standard InChI is InChI=1S/C24H19N2O2/c1-12-4-3-5-18-17(12)9-14-8-15-11-25-10-13-6-7-16-20(19(13)15)22(14)26(18)23-21(16)24(23,27)28-2/h3-7,9-11,21,23,27H,8H2,1-2H3/q+1. The number of aliphatic hydroxyl groups is 1. The van der Waals surface area contributed by atoms with Crippen LogP contribution in [0, 0.1) is 6.92 Å². The van der Waals surface area contributed by atoms with Crippen molar-refractivity contribution in [3.63, 3.8) is 0 Å². The number of ether oxygens (including phenoxy) is 1. The molecule has 4 aromatic rings. The summed E-state index contributed by atoms with van der Waals surface area (Å²) in [5.41, 5.74) is 8.69. The third kappa shape index (κ3) is 1.50. The van der Waals surface area contributed by atoms with Crippen LogP contribution in [-0.4, -0.2) is 23.0 Å². The van der Waals surface area contributed by atoms with Gasteiger partial charge in [0.25, 0.3) is 0 Å². The maximum Gasteiger partial charge on any atom is 0.244 e. The van der Waals surface area contributed by atoms with Crippen LogP contribution in [0.1, 0.15) is 34.2 Å². The second-order valence-electron chi connectivity index (χ2n) is 8.38. The lowest BCUT2D eigenvalue weighted by Crippen LogP contribution is -2.43. The first-order valence-electron chi connectivity index (χ1n) is 9.77. The molecule has 7 rings (SSSR count). The van der Waals surface area contributed by atoms with Gasteiger partial charge in [-0.05, 0) is 29.7 Å². The molecule has 4 nitrogen and oxygen atoms in total. The maximum absolute atomic E-state index is 11.3. The molecule has 1 N–H and O–H groups in total. The average molecular weight is 367 g/mol. The Bertz CT molecular complexity index is 1380. The quantitative estimate of drug-likeness (QED) is 0.364. The number of rotatable bonds is 1. The largest absolute Gasteiger partial charge is 0.360 e. The molecule has 3 heterocycles. The van der Waals surface area contributed by atoms with Crippen LogP contribution in [0.15, 0.2) is 48.8 Å². The molecule has 2 aromatic heterocycles. The summed E-state index contributed by atoms with van der Waals surface area (Å²) in [6.45, 7) is 2.15. The Morgan fingerprint density at radius 2 is 2.07 bits per heavy atom. The zero-order valence-electron chi connectivity index (χ0n) is 15.7. The number of nitrogens with zero attached hydrogens (tertiary/aromatic N) is 2. The molecule has 4 heteroatoms. The van der Waals surface area contributed by atoms with Gasteiger partial charge in [0.05, 0.1) is 5.56 Å². The first-order chi connectivity index (χ1) is 13.6. The number of aryl methyl sites for hydroxylation is 1.